The van der Waals surface area contributed by atoms with Gasteiger partial charge in [0.1, 0.15) is 16.9 Å². The van der Waals surface area contributed by atoms with Gasteiger partial charge in [0.05, 0.1) is 17.8 Å². The highest BCUT2D eigenvalue weighted by Crippen LogP contribution is 2.32. The first-order valence-electron chi connectivity index (χ1n) is 10.1. The average Bonchev–Trinajstić information content (AvgIpc) is 3.17. The Bertz CT molecular complexity index is 1080. The van der Waals surface area contributed by atoms with Crippen LogP contribution < -0.4 is 10.9 Å². The van der Waals surface area contributed by atoms with Gasteiger partial charge >= 0.3 is 0 Å². The molecule has 3 heterocycles. The maximum Gasteiger partial charge on any atom is 0.273 e. The van der Waals surface area contributed by atoms with Crippen molar-refractivity contribution >= 4 is 22.1 Å². The number of pyridine rings is 1. The van der Waals surface area contributed by atoms with Crippen LogP contribution in [0.4, 0.5) is 0 Å². The molecule has 28 heavy (non-hydrogen) atoms. The molecule has 3 aromatic rings. The summed E-state index contributed by atoms with van der Waals surface area (Å²) in [5.41, 5.74) is 3.09. The van der Waals surface area contributed by atoms with E-state index in [0.717, 1.165) is 54.3 Å². The average molecular weight is 378 g/mol. The maximum atomic E-state index is 13.4. The number of aromatic nitrogens is 4. The molecular weight excluding hydrogens is 352 g/mol. The number of hydrogen-bond acceptors (Lipinski definition) is 5. The number of nitrogens with one attached hydrogen (secondary N) is 2. The number of hydrogen-bond donors (Lipinski definition) is 2. The molecule has 0 aromatic carbocycles. The molecule has 0 amide bonds. The van der Waals surface area contributed by atoms with Gasteiger partial charge in [-0.2, -0.15) is 5.26 Å². The van der Waals surface area contributed by atoms with Crippen molar-refractivity contribution in [3.8, 4) is 6.07 Å². The largest absolute Gasteiger partial charge is 0.346 e. The van der Waals surface area contributed by atoms with Crippen molar-refractivity contribution in [1.29, 1.82) is 5.26 Å². The van der Waals surface area contributed by atoms with Gasteiger partial charge in [0.15, 0.2) is 0 Å². The zero-order valence-corrected chi connectivity index (χ0v) is 16.4. The van der Waals surface area contributed by atoms with Crippen LogP contribution in [-0.2, 0) is 0 Å². The highest BCUT2D eigenvalue weighted by molar-refractivity contribution is 6.00. The van der Waals surface area contributed by atoms with E-state index >= 15 is 0 Å². The van der Waals surface area contributed by atoms with Crippen LogP contribution in [0.15, 0.2) is 23.3 Å². The molecule has 1 fully saturated rings. The molecule has 0 aliphatic heterocycles. The molecule has 0 radical (unpaired) electrons. The second-order valence-electron chi connectivity index (χ2n) is 7.93. The summed E-state index contributed by atoms with van der Waals surface area (Å²) in [6.45, 7) is 4.76. The van der Waals surface area contributed by atoms with Gasteiger partial charge in [0.25, 0.3) is 5.56 Å². The molecule has 3 aromatic heterocycles. The fourth-order valence-corrected chi connectivity index (χ4v) is 4.32. The number of nitrogens with zero attached hydrogens (tertiary/aromatic N) is 4. The van der Waals surface area contributed by atoms with Crippen LogP contribution in [0.2, 0.25) is 0 Å². The predicted octanol–water partition coefficient (Wildman–Crippen LogP) is 3.38. The molecule has 1 saturated carbocycles. The SMILES string of the molecule is CC(C)c1nc2cnc3[nH]ccc3c2n(C2CCC(NCCC#N)CC2)c1=O. The summed E-state index contributed by atoms with van der Waals surface area (Å²) in [5.74, 6) is 0.0639. The molecule has 7 nitrogen and oxygen atoms in total. The zero-order chi connectivity index (χ0) is 19.7. The summed E-state index contributed by atoms with van der Waals surface area (Å²) in [4.78, 5) is 25.7. The lowest BCUT2D eigenvalue weighted by Crippen LogP contribution is -2.37. The standard InChI is InChI=1S/C21H26N6O/c1-13(2)18-21(28)27(15-6-4-14(5-7-15)23-10-3-9-22)19-16-8-11-24-20(16)25-12-17(19)26-18/h8,11-15,23H,3-7,10H2,1-2H3,(H,24,25). The second-order valence-corrected chi connectivity index (χ2v) is 7.93. The van der Waals surface area contributed by atoms with E-state index in [9.17, 15) is 4.79 Å². The molecule has 4 rings (SSSR count). The van der Waals surface area contributed by atoms with Crippen molar-refractivity contribution in [1.82, 2.24) is 24.8 Å². The van der Waals surface area contributed by atoms with E-state index in [1.54, 1.807) is 6.20 Å². The Labute approximate surface area is 163 Å². The monoisotopic (exact) mass is 378 g/mol. The van der Waals surface area contributed by atoms with Crippen LogP contribution in [0.5, 0.6) is 0 Å². The predicted molar refractivity (Wildman–Crippen MR) is 109 cm³/mol. The van der Waals surface area contributed by atoms with E-state index in [1.807, 2.05) is 30.7 Å². The molecule has 146 valence electrons. The molecule has 1 aliphatic carbocycles. The molecule has 0 atom stereocenters. The number of H-pyrrole nitrogens is 1. The van der Waals surface area contributed by atoms with E-state index in [1.165, 1.54) is 0 Å². The smallest absolute Gasteiger partial charge is 0.273 e. The van der Waals surface area contributed by atoms with Crippen molar-refractivity contribution in [2.45, 2.75) is 64.0 Å². The third kappa shape index (κ3) is 3.29. The topological polar surface area (TPSA) is 99.4 Å². The van der Waals surface area contributed by atoms with E-state index in [2.05, 4.69) is 26.3 Å². The van der Waals surface area contributed by atoms with Crippen molar-refractivity contribution in [3.63, 3.8) is 0 Å². The quantitative estimate of drug-likeness (QED) is 0.663. The van der Waals surface area contributed by atoms with E-state index in [4.69, 9.17) is 5.26 Å². The van der Waals surface area contributed by atoms with Crippen molar-refractivity contribution in [2.24, 2.45) is 0 Å². The molecule has 2 N–H and O–H groups in total. The van der Waals surface area contributed by atoms with Crippen molar-refractivity contribution in [3.05, 3.63) is 34.5 Å². The number of nitriles is 1. The summed E-state index contributed by atoms with van der Waals surface area (Å²) in [6, 6.07) is 4.74. The Balaban J connectivity index is 1.75. The molecule has 0 unspecified atom stereocenters. The Morgan fingerprint density at radius 2 is 2.14 bits per heavy atom. The molecule has 7 heteroatoms. The van der Waals surface area contributed by atoms with Crippen LogP contribution in [0.3, 0.4) is 0 Å². The molecule has 0 spiro atoms. The molecular formula is C21H26N6O. The fraction of sp³-hybridized carbons (Fsp3) is 0.524. The normalized spacial score (nSPS) is 20.1. The lowest BCUT2D eigenvalue weighted by Gasteiger charge is -2.31. The minimum atomic E-state index is 0.0251. The molecule has 0 bridgehead atoms. The van der Waals surface area contributed by atoms with Crippen LogP contribution in [0, 0.1) is 11.3 Å². The minimum absolute atomic E-state index is 0.0251. The van der Waals surface area contributed by atoms with Gasteiger partial charge in [-0.1, -0.05) is 13.8 Å². The van der Waals surface area contributed by atoms with Crippen LogP contribution in [-0.4, -0.2) is 32.1 Å². The van der Waals surface area contributed by atoms with Gasteiger partial charge in [0, 0.05) is 42.6 Å². The fourth-order valence-electron chi connectivity index (χ4n) is 4.32. The number of rotatable bonds is 5. The summed E-state index contributed by atoms with van der Waals surface area (Å²) < 4.78 is 1.99. The summed E-state index contributed by atoms with van der Waals surface area (Å²) in [6.07, 6.45) is 8.05. The van der Waals surface area contributed by atoms with Gasteiger partial charge in [-0.15, -0.1) is 0 Å². The van der Waals surface area contributed by atoms with E-state index in [-0.39, 0.29) is 17.5 Å². The maximum absolute atomic E-state index is 13.4. The van der Waals surface area contributed by atoms with Gasteiger partial charge < -0.3 is 14.9 Å². The zero-order valence-electron chi connectivity index (χ0n) is 16.4. The number of aromatic amines is 1. The lowest BCUT2D eigenvalue weighted by atomic mass is 9.90. The Morgan fingerprint density at radius 1 is 1.36 bits per heavy atom. The Kier molecular flexibility index (Phi) is 5.14. The molecule has 1 aliphatic rings. The third-order valence-electron chi connectivity index (χ3n) is 5.74. The summed E-state index contributed by atoms with van der Waals surface area (Å²) in [7, 11) is 0. The van der Waals surface area contributed by atoms with Crippen molar-refractivity contribution in [2.75, 3.05) is 6.54 Å². The minimum Gasteiger partial charge on any atom is -0.346 e. The Morgan fingerprint density at radius 3 is 2.86 bits per heavy atom. The van der Waals surface area contributed by atoms with Crippen molar-refractivity contribution < 1.29 is 0 Å². The summed E-state index contributed by atoms with van der Waals surface area (Å²) in [5, 5.41) is 13.1. The molecule has 0 saturated heterocycles. The van der Waals surface area contributed by atoms with Gasteiger partial charge in [0.2, 0.25) is 0 Å². The van der Waals surface area contributed by atoms with E-state index in [0.29, 0.717) is 18.2 Å². The second kappa shape index (κ2) is 7.72. The highest BCUT2D eigenvalue weighted by Gasteiger charge is 2.26. The highest BCUT2D eigenvalue weighted by atomic mass is 16.1. The van der Waals surface area contributed by atoms with Gasteiger partial charge in [-0.25, -0.2) is 9.97 Å². The van der Waals surface area contributed by atoms with Crippen LogP contribution >= 0.6 is 0 Å². The first-order chi connectivity index (χ1) is 13.6. The van der Waals surface area contributed by atoms with E-state index < -0.39 is 0 Å². The van der Waals surface area contributed by atoms with Gasteiger partial charge in [-0.05, 0) is 31.7 Å². The number of fused-ring (bicyclic) bond motifs is 3. The first-order valence-corrected chi connectivity index (χ1v) is 10.1. The van der Waals surface area contributed by atoms with Gasteiger partial charge in [-0.3, -0.25) is 4.79 Å². The Hall–Kier alpha value is -2.72. The van der Waals surface area contributed by atoms with Crippen LogP contribution in [0.1, 0.15) is 63.6 Å². The summed E-state index contributed by atoms with van der Waals surface area (Å²) >= 11 is 0. The van der Waals surface area contributed by atoms with Crippen LogP contribution in [0.25, 0.3) is 22.1 Å². The third-order valence-corrected chi connectivity index (χ3v) is 5.74. The lowest BCUT2D eigenvalue weighted by molar-refractivity contribution is 0.292. The first kappa shape index (κ1) is 18.6.